The van der Waals surface area contributed by atoms with Crippen LogP contribution in [0.3, 0.4) is 0 Å². The van der Waals surface area contributed by atoms with E-state index in [0.717, 1.165) is 0 Å². The van der Waals surface area contributed by atoms with Crippen molar-refractivity contribution in [2.75, 3.05) is 0 Å². The van der Waals surface area contributed by atoms with Gasteiger partial charge in [-0.05, 0) is 49.4 Å². The number of allylic oxidation sites excluding steroid dienone is 1. The van der Waals surface area contributed by atoms with Gasteiger partial charge in [-0.2, -0.15) is 0 Å². The molecular formula is C20H13Cl2NO4. The van der Waals surface area contributed by atoms with E-state index in [1.54, 1.807) is 49.4 Å². The molecule has 7 heteroatoms. The molecule has 0 spiro atoms. The van der Waals surface area contributed by atoms with E-state index in [2.05, 4.69) is 0 Å². The van der Waals surface area contributed by atoms with Gasteiger partial charge in [-0.1, -0.05) is 35.3 Å². The van der Waals surface area contributed by atoms with Crippen LogP contribution in [0.5, 0.6) is 0 Å². The number of benzene rings is 2. The van der Waals surface area contributed by atoms with Gasteiger partial charge in [0.25, 0.3) is 5.69 Å². The Kier molecular flexibility index (Phi) is 5.44. The largest absolute Gasteiger partial charge is 0.457 e. The first kappa shape index (κ1) is 18.9. The van der Waals surface area contributed by atoms with Crippen LogP contribution >= 0.6 is 23.2 Å². The number of halogens is 2. The zero-order chi connectivity index (χ0) is 19.6. The number of carbonyl (C=O) groups is 1. The van der Waals surface area contributed by atoms with Crippen LogP contribution in [0, 0.1) is 17.0 Å². The molecule has 3 rings (SSSR count). The van der Waals surface area contributed by atoms with Gasteiger partial charge in [-0.15, -0.1) is 0 Å². The first-order valence-electron chi connectivity index (χ1n) is 7.88. The van der Waals surface area contributed by atoms with Gasteiger partial charge in [0.1, 0.15) is 11.5 Å². The van der Waals surface area contributed by atoms with Crippen LogP contribution in [0.2, 0.25) is 10.0 Å². The Morgan fingerprint density at radius 1 is 1.11 bits per heavy atom. The quantitative estimate of drug-likeness (QED) is 0.215. The van der Waals surface area contributed by atoms with Gasteiger partial charge in [0, 0.05) is 27.8 Å². The predicted molar refractivity (Wildman–Crippen MR) is 105 cm³/mol. The molecule has 1 aromatic heterocycles. The van der Waals surface area contributed by atoms with Crippen LogP contribution in [0.1, 0.15) is 21.7 Å². The summed E-state index contributed by atoms with van der Waals surface area (Å²) in [6, 6.07) is 12.8. The van der Waals surface area contributed by atoms with Gasteiger partial charge in [-0.3, -0.25) is 14.9 Å². The number of aryl methyl sites for hydroxylation is 1. The van der Waals surface area contributed by atoms with Gasteiger partial charge in [0.15, 0.2) is 5.78 Å². The van der Waals surface area contributed by atoms with Crippen LogP contribution in [-0.2, 0) is 0 Å². The molecular weight excluding hydrogens is 389 g/mol. The summed E-state index contributed by atoms with van der Waals surface area (Å²) >= 11 is 12.1. The summed E-state index contributed by atoms with van der Waals surface area (Å²) in [4.78, 5) is 22.8. The Labute approximate surface area is 165 Å². The second kappa shape index (κ2) is 7.78. The fourth-order valence-corrected chi connectivity index (χ4v) is 2.87. The summed E-state index contributed by atoms with van der Waals surface area (Å²) < 4.78 is 5.68. The maximum atomic E-state index is 12.3. The fourth-order valence-electron chi connectivity index (χ4n) is 2.49. The highest BCUT2D eigenvalue weighted by Gasteiger charge is 2.14. The van der Waals surface area contributed by atoms with Crippen LogP contribution in [0.15, 0.2) is 59.0 Å². The molecule has 0 radical (unpaired) electrons. The van der Waals surface area contributed by atoms with E-state index < -0.39 is 4.92 Å². The van der Waals surface area contributed by atoms with E-state index in [1.165, 1.54) is 18.2 Å². The molecule has 0 atom stereocenters. The van der Waals surface area contributed by atoms with Gasteiger partial charge in [-0.25, -0.2) is 0 Å². The van der Waals surface area contributed by atoms with Crippen molar-refractivity contribution in [3.05, 3.63) is 91.7 Å². The summed E-state index contributed by atoms with van der Waals surface area (Å²) in [6.45, 7) is 1.62. The summed E-state index contributed by atoms with van der Waals surface area (Å²) in [6.07, 6.45) is 2.80. The number of hydrogen-bond acceptors (Lipinski definition) is 4. The second-order valence-corrected chi connectivity index (χ2v) is 6.63. The number of hydrogen-bond donors (Lipinski definition) is 0. The summed E-state index contributed by atoms with van der Waals surface area (Å²) in [5.74, 6) is 0.591. The smallest absolute Gasteiger partial charge is 0.273 e. The fraction of sp³-hybridized carbons (Fsp3) is 0.0500. The highest BCUT2D eigenvalue weighted by molar-refractivity contribution is 6.35. The van der Waals surface area contributed by atoms with Crippen LogP contribution in [0.4, 0.5) is 5.69 Å². The molecule has 5 nitrogen and oxygen atoms in total. The molecule has 0 amide bonds. The van der Waals surface area contributed by atoms with E-state index in [4.69, 9.17) is 27.6 Å². The third kappa shape index (κ3) is 4.27. The van der Waals surface area contributed by atoms with E-state index >= 15 is 0 Å². The Bertz CT molecular complexity index is 1070. The molecule has 2 aromatic carbocycles. The average Bonchev–Trinajstić information content (AvgIpc) is 3.10. The molecule has 0 bridgehead atoms. The number of nitro groups is 1. The molecule has 0 aliphatic carbocycles. The van der Waals surface area contributed by atoms with Crippen LogP contribution in [-0.4, -0.2) is 10.7 Å². The van der Waals surface area contributed by atoms with Crippen molar-refractivity contribution in [3.63, 3.8) is 0 Å². The van der Waals surface area contributed by atoms with E-state index in [9.17, 15) is 14.9 Å². The van der Waals surface area contributed by atoms with Crippen molar-refractivity contribution in [3.8, 4) is 11.3 Å². The van der Waals surface area contributed by atoms with Crippen molar-refractivity contribution < 1.29 is 14.1 Å². The summed E-state index contributed by atoms with van der Waals surface area (Å²) in [7, 11) is 0. The zero-order valence-corrected chi connectivity index (χ0v) is 15.6. The normalized spacial score (nSPS) is 11.1. The monoisotopic (exact) mass is 401 g/mol. The first-order valence-corrected chi connectivity index (χ1v) is 8.63. The van der Waals surface area contributed by atoms with Gasteiger partial charge in [0.2, 0.25) is 0 Å². The lowest BCUT2D eigenvalue weighted by molar-refractivity contribution is -0.385. The standard InChI is InChI=1S/C20H13Cl2NO4/c1-12-2-3-13(10-18(12)23(25)26)19(24)8-5-15-6-9-20(27-15)16-11-14(21)4-7-17(16)22/h2-11H,1H3/b8-5+. The Morgan fingerprint density at radius 3 is 2.63 bits per heavy atom. The number of nitro benzene ring substituents is 1. The lowest BCUT2D eigenvalue weighted by Gasteiger charge is -2.01. The van der Waals surface area contributed by atoms with Crippen molar-refractivity contribution in [2.24, 2.45) is 0 Å². The SMILES string of the molecule is Cc1ccc(C(=O)/C=C/c2ccc(-c3cc(Cl)ccc3Cl)o2)cc1[N+](=O)[O-]. The minimum atomic E-state index is -0.511. The molecule has 1 heterocycles. The predicted octanol–water partition coefficient (Wildman–Crippen LogP) is 6.37. The molecule has 0 N–H and O–H groups in total. The highest BCUT2D eigenvalue weighted by atomic mass is 35.5. The minimum Gasteiger partial charge on any atom is -0.457 e. The highest BCUT2D eigenvalue weighted by Crippen LogP contribution is 2.32. The van der Waals surface area contributed by atoms with Crippen molar-refractivity contribution in [2.45, 2.75) is 6.92 Å². The molecule has 0 aliphatic heterocycles. The third-order valence-corrected chi connectivity index (χ3v) is 4.47. The Morgan fingerprint density at radius 2 is 1.89 bits per heavy atom. The second-order valence-electron chi connectivity index (χ2n) is 5.78. The lowest BCUT2D eigenvalue weighted by atomic mass is 10.1. The van der Waals surface area contributed by atoms with E-state index in [0.29, 0.717) is 32.7 Å². The summed E-state index contributed by atoms with van der Waals surface area (Å²) in [5, 5.41) is 12.0. The maximum absolute atomic E-state index is 12.3. The number of ketones is 1. The van der Waals surface area contributed by atoms with Gasteiger partial charge in [0.05, 0.1) is 9.95 Å². The van der Waals surface area contributed by atoms with Crippen molar-refractivity contribution in [1.29, 1.82) is 0 Å². The minimum absolute atomic E-state index is 0.0925. The molecule has 0 unspecified atom stereocenters. The summed E-state index contributed by atoms with van der Waals surface area (Å²) in [5.41, 5.74) is 1.28. The van der Waals surface area contributed by atoms with Gasteiger partial charge < -0.3 is 4.42 Å². The third-order valence-electron chi connectivity index (χ3n) is 3.91. The topological polar surface area (TPSA) is 73.3 Å². The Hall–Kier alpha value is -2.89. The van der Waals surface area contributed by atoms with Crippen molar-refractivity contribution >= 4 is 40.7 Å². The molecule has 136 valence electrons. The molecule has 0 saturated heterocycles. The molecule has 0 saturated carbocycles. The molecule has 3 aromatic rings. The van der Waals surface area contributed by atoms with E-state index in [1.807, 2.05) is 0 Å². The van der Waals surface area contributed by atoms with Gasteiger partial charge >= 0.3 is 0 Å². The number of rotatable bonds is 5. The molecule has 0 fully saturated rings. The maximum Gasteiger partial charge on any atom is 0.273 e. The zero-order valence-electron chi connectivity index (χ0n) is 14.1. The number of carbonyl (C=O) groups excluding carboxylic acids is 1. The molecule has 0 aliphatic rings. The van der Waals surface area contributed by atoms with Crippen molar-refractivity contribution in [1.82, 2.24) is 0 Å². The Balaban J connectivity index is 1.82. The van der Waals surface area contributed by atoms with E-state index in [-0.39, 0.29) is 17.0 Å². The number of furan rings is 1. The first-order chi connectivity index (χ1) is 12.8. The molecule has 27 heavy (non-hydrogen) atoms. The van der Waals surface area contributed by atoms with Crippen LogP contribution < -0.4 is 0 Å². The number of nitrogens with zero attached hydrogens (tertiary/aromatic N) is 1. The lowest BCUT2D eigenvalue weighted by Crippen LogP contribution is -1.98. The average molecular weight is 402 g/mol. The van der Waals surface area contributed by atoms with Crippen LogP contribution in [0.25, 0.3) is 17.4 Å².